The number of nitrogens with two attached hydrogens (primary N) is 1. The van der Waals surface area contributed by atoms with Crippen molar-refractivity contribution in [2.45, 2.75) is 44.4 Å². The maximum absolute atomic E-state index is 13.7. The van der Waals surface area contributed by atoms with Crippen molar-refractivity contribution in [1.82, 2.24) is 24.9 Å². The molecule has 6 aromatic rings. The lowest BCUT2D eigenvalue weighted by molar-refractivity contribution is -0.120. The molecular weight excluding hydrogens is 647 g/mol. The summed E-state index contributed by atoms with van der Waals surface area (Å²) in [5, 5.41) is 8.68. The van der Waals surface area contributed by atoms with E-state index >= 15 is 0 Å². The Morgan fingerprint density at radius 1 is 0.740 bits per heavy atom. The zero-order valence-corrected chi connectivity index (χ0v) is 28.6. The molecule has 0 saturated carbocycles. The summed E-state index contributed by atoms with van der Waals surface area (Å²) in [6, 6.07) is 29.5. The summed E-state index contributed by atoms with van der Waals surface area (Å²) in [5.41, 5.74) is 5.79. The minimum absolute atomic E-state index is 0.0651. The summed E-state index contributed by atoms with van der Waals surface area (Å²) < 4.78 is 24.5. The fraction of sp³-hybridized carbons (Fsp3) is 0.179. The number of nitrogens with zero attached hydrogens (tertiary/aromatic N) is 5. The SMILES string of the molecule is CCCCC(CC)C(=O)Nc1cc(-c2ccccc2)ccc1-c1nc(-c2ccc(-c3cnccn3)cc2)nc(-c2cccc(S(N)(=O)=O)c2)n1. The maximum atomic E-state index is 13.7. The van der Waals surface area contributed by atoms with Gasteiger partial charge >= 0.3 is 0 Å². The average Bonchev–Trinajstić information content (AvgIpc) is 3.15. The number of aromatic nitrogens is 5. The Morgan fingerprint density at radius 2 is 1.42 bits per heavy atom. The Morgan fingerprint density at radius 3 is 2.10 bits per heavy atom. The standard InChI is InChI=1S/C39H37N7O3S/c1-3-5-10-26(4-2)39(47)43-34-24-30(27-11-7-6-8-12-27)19-20-33(34)38-45-36(29-17-15-28(16-18-29)35-25-41-21-22-42-35)44-37(46-38)31-13-9-14-32(23-31)50(40,48)49/h6-9,11-26H,3-5,10H2,1-2H3,(H,43,47)(H2,40,48,49). The van der Waals surface area contributed by atoms with Gasteiger partial charge in [-0.1, -0.05) is 99.5 Å². The van der Waals surface area contributed by atoms with Crippen LogP contribution in [0.15, 0.2) is 121 Å². The van der Waals surface area contributed by atoms with Crippen molar-refractivity contribution in [3.63, 3.8) is 0 Å². The van der Waals surface area contributed by atoms with Gasteiger partial charge in [0.25, 0.3) is 0 Å². The van der Waals surface area contributed by atoms with Gasteiger partial charge in [0.05, 0.1) is 22.5 Å². The van der Waals surface area contributed by atoms with Gasteiger partial charge in [-0.25, -0.2) is 28.5 Å². The average molecular weight is 684 g/mol. The Bertz CT molecular complexity index is 2210. The lowest BCUT2D eigenvalue weighted by Gasteiger charge is -2.18. The van der Waals surface area contributed by atoms with Crippen molar-refractivity contribution in [2.75, 3.05) is 5.32 Å². The van der Waals surface area contributed by atoms with Crippen LogP contribution in [0.3, 0.4) is 0 Å². The van der Waals surface area contributed by atoms with Crippen molar-refractivity contribution in [3.8, 4) is 56.5 Å². The molecule has 0 bridgehead atoms. The first-order chi connectivity index (χ1) is 24.2. The Labute approximate surface area is 292 Å². The lowest BCUT2D eigenvalue weighted by Crippen LogP contribution is -2.22. The number of carbonyl (C=O) groups excluding carboxylic acids is 1. The molecule has 0 aliphatic heterocycles. The smallest absolute Gasteiger partial charge is 0.238 e. The largest absolute Gasteiger partial charge is 0.325 e. The van der Waals surface area contributed by atoms with Gasteiger partial charge in [-0.3, -0.25) is 14.8 Å². The van der Waals surface area contributed by atoms with Crippen molar-refractivity contribution >= 4 is 21.6 Å². The molecule has 0 aliphatic carbocycles. The molecule has 3 N–H and O–H groups in total. The van der Waals surface area contributed by atoms with Crippen LogP contribution in [0, 0.1) is 5.92 Å². The minimum atomic E-state index is -3.99. The molecule has 2 aromatic heterocycles. The number of unbranched alkanes of at least 4 members (excludes halogenated alkanes) is 1. The molecule has 0 spiro atoms. The summed E-state index contributed by atoms with van der Waals surface area (Å²) in [5.74, 6) is 0.687. The molecule has 1 unspecified atom stereocenters. The number of hydrogen-bond acceptors (Lipinski definition) is 8. The number of anilines is 1. The number of primary sulfonamides is 1. The van der Waals surface area contributed by atoms with Crippen molar-refractivity contribution in [1.29, 1.82) is 0 Å². The van der Waals surface area contributed by atoms with Gasteiger partial charge < -0.3 is 5.32 Å². The number of amides is 1. The summed E-state index contributed by atoms with van der Waals surface area (Å²) in [6.45, 7) is 4.14. The molecule has 1 atom stereocenters. The molecule has 252 valence electrons. The highest BCUT2D eigenvalue weighted by Crippen LogP contribution is 2.34. The summed E-state index contributed by atoms with van der Waals surface area (Å²) in [4.78, 5) is 36.7. The summed E-state index contributed by atoms with van der Waals surface area (Å²) >= 11 is 0. The molecule has 50 heavy (non-hydrogen) atoms. The van der Waals surface area contributed by atoms with Crippen molar-refractivity contribution < 1.29 is 13.2 Å². The maximum Gasteiger partial charge on any atom is 0.238 e. The number of benzene rings is 4. The monoisotopic (exact) mass is 683 g/mol. The highest BCUT2D eigenvalue weighted by atomic mass is 32.2. The Balaban J connectivity index is 1.51. The quantitative estimate of drug-likeness (QED) is 0.132. The van der Waals surface area contributed by atoms with E-state index in [4.69, 9.17) is 20.1 Å². The first-order valence-corrected chi connectivity index (χ1v) is 18.0. The third kappa shape index (κ3) is 7.96. The van der Waals surface area contributed by atoms with E-state index < -0.39 is 10.0 Å². The minimum Gasteiger partial charge on any atom is -0.325 e. The third-order valence-electron chi connectivity index (χ3n) is 8.45. The molecular formula is C39H37N7O3S. The fourth-order valence-corrected chi connectivity index (χ4v) is 6.22. The van der Waals surface area contributed by atoms with Crippen LogP contribution in [0.1, 0.15) is 39.5 Å². The Hall–Kier alpha value is -5.65. The molecule has 11 heteroatoms. The molecule has 0 aliphatic rings. The molecule has 1 amide bonds. The van der Waals surface area contributed by atoms with Crippen LogP contribution < -0.4 is 10.5 Å². The van der Waals surface area contributed by atoms with Crippen molar-refractivity contribution in [2.24, 2.45) is 11.1 Å². The van der Waals surface area contributed by atoms with E-state index in [9.17, 15) is 13.2 Å². The summed E-state index contributed by atoms with van der Waals surface area (Å²) in [7, 11) is -3.99. The predicted molar refractivity (Wildman–Crippen MR) is 196 cm³/mol. The van der Waals surface area contributed by atoms with Gasteiger partial charge in [-0.05, 0) is 48.2 Å². The normalized spacial score (nSPS) is 12.0. The zero-order chi connectivity index (χ0) is 35.1. The van der Waals surface area contributed by atoms with Gasteiger partial charge in [0.15, 0.2) is 17.5 Å². The second-order valence-corrected chi connectivity index (χ2v) is 13.5. The number of sulfonamides is 1. The van der Waals surface area contributed by atoms with Crippen LogP contribution in [0.25, 0.3) is 56.5 Å². The van der Waals surface area contributed by atoms with Crippen LogP contribution in [-0.4, -0.2) is 39.2 Å². The number of rotatable bonds is 12. The van der Waals surface area contributed by atoms with Crippen LogP contribution in [0.5, 0.6) is 0 Å². The third-order valence-corrected chi connectivity index (χ3v) is 9.36. The number of hydrogen-bond donors (Lipinski definition) is 2. The van der Waals surface area contributed by atoms with E-state index in [2.05, 4.69) is 22.2 Å². The molecule has 6 rings (SSSR count). The summed E-state index contributed by atoms with van der Waals surface area (Å²) in [6.07, 6.45) is 8.40. The van der Waals surface area contributed by atoms with E-state index in [1.54, 1.807) is 30.7 Å². The van der Waals surface area contributed by atoms with Gasteiger partial charge in [-0.15, -0.1) is 0 Å². The highest BCUT2D eigenvalue weighted by Gasteiger charge is 2.21. The molecule has 0 radical (unpaired) electrons. The second kappa shape index (κ2) is 15.3. The topological polar surface area (TPSA) is 154 Å². The first kappa shape index (κ1) is 34.2. The van der Waals surface area contributed by atoms with Crippen LogP contribution in [0.4, 0.5) is 5.69 Å². The van der Waals surface area contributed by atoms with E-state index in [-0.39, 0.29) is 22.5 Å². The van der Waals surface area contributed by atoms with Crippen LogP contribution in [0.2, 0.25) is 0 Å². The molecule has 10 nitrogen and oxygen atoms in total. The molecule has 2 heterocycles. The van der Waals surface area contributed by atoms with E-state index in [0.29, 0.717) is 40.4 Å². The second-order valence-electron chi connectivity index (χ2n) is 11.9. The molecule has 4 aromatic carbocycles. The van der Waals surface area contributed by atoms with Gasteiger partial charge in [0.2, 0.25) is 15.9 Å². The van der Waals surface area contributed by atoms with E-state index in [1.807, 2.05) is 79.7 Å². The van der Waals surface area contributed by atoms with Gasteiger partial charge in [0, 0.05) is 40.6 Å². The van der Waals surface area contributed by atoms with Crippen molar-refractivity contribution in [3.05, 3.63) is 116 Å². The first-order valence-electron chi connectivity index (χ1n) is 16.5. The molecule has 0 saturated heterocycles. The van der Waals surface area contributed by atoms with Crippen LogP contribution >= 0.6 is 0 Å². The zero-order valence-electron chi connectivity index (χ0n) is 27.8. The number of carbonyl (C=O) groups is 1. The van der Waals surface area contributed by atoms with E-state index in [0.717, 1.165) is 41.6 Å². The fourth-order valence-electron chi connectivity index (χ4n) is 5.66. The van der Waals surface area contributed by atoms with Gasteiger partial charge in [0.1, 0.15) is 0 Å². The van der Waals surface area contributed by atoms with Gasteiger partial charge in [-0.2, -0.15) is 0 Å². The lowest BCUT2D eigenvalue weighted by atomic mass is 9.97. The highest BCUT2D eigenvalue weighted by molar-refractivity contribution is 7.89. The Kier molecular flexibility index (Phi) is 10.5. The predicted octanol–water partition coefficient (Wildman–Crippen LogP) is 7.80. The number of nitrogens with one attached hydrogen (secondary N) is 1. The van der Waals surface area contributed by atoms with E-state index in [1.165, 1.54) is 12.1 Å². The van der Waals surface area contributed by atoms with Crippen LogP contribution in [-0.2, 0) is 14.8 Å². The molecule has 0 fully saturated rings.